The maximum atomic E-state index is 3.72. The summed E-state index contributed by atoms with van der Waals surface area (Å²) in [6, 6.07) is 7.56. The fourth-order valence-corrected chi connectivity index (χ4v) is 0.497. The lowest BCUT2D eigenvalue weighted by Gasteiger charge is -1.72. The molecule has 0 bridgehead atoms. The van der Waals surface area contributed by atoms with E-state index >= 15 is 0 Å². The van der Waals surface area contributed by atoms with Crippen LogP contribution in [0.1, 0.15) is 0 Å². The average Bonchev–Trinajstić information content (AvgIpc) is 2.67. The van der Waals surface area contributed by atoms with E-state index < -0.39 is 0 Å². The quantitative estimate of drug-likeness (QED) is 0.563. The molecule has 0 saturated carbocycles. The molecule has 0 spiro atoms. The molecule has 0 N–H and O–H groups in total. The molecule has 0 unspecified atom stereocenters. The van der Waals surface area contributed by atoms with Gasteiger partial charge in [-0.1, -0.05) is 24.3 Å². The van der Waals surface area contributed by atoms with E-state index in [0.29, 0.717) is 0 Å². The van der Waals surface area contributed by atoms with Crippen molar-refractivity contribution in [3.63, 3.8) is 0 Å². The zero-order chi connectivity index (χ0) is 7.07. The molecule has 0 aliphatic carbocycles. The fourth-order valence-electron chi connectivity index (χ4n) is 0.497. The van der Waals surface area contributed by atoms with Crippen LogP contribution in [0.15, 0.2) is 49.1 Å². The summed E-state index contributed by atoms with van der Waals surface area (Å²) in [6.45, 7) is 0. The Morgan fingerprint density at radius 3 is 0.909 bits per heavy atom. The molecule has 56 valence electrons. The van der Waals surface area contributed by atoms with Crippen LogP contribution >= 0.6 is 0 Å². The molecule has 2 aromatic heterocycles. The van der Waals surface area contributed by atoms with Crippen molar-refractivity contribution in [1.29, 1.82) is 0 Å². The number of rotatable bonds is 0. The van der Waals surface area contributed by atoms with Crippen LogP contribution in [0, 0.1) is 0 Å². The van der Waals surface area contributed by atoms with Gasteiger partial charge < -0.3 is 9.97 Å². The summed E-state index contributed by atoms with van der Waals surface area (Å²) < 4.78 is 0. The van der Waals surface area contributed by atoms with Crippen molar-refractivity contribution in [3.8, 4) is 0 Å². The molecule has 0 aliphatic rings. The Hall–Kier alpha value is -1.48. The predicted molar refractivity (Wildman–Crippen MR) is 40.2 cm³/mol. The number of aromatic nitrogens is 2. The molecular weight excluding hydrogens is 140 g/mol. The molecule has 11 heavy (non-hydrogen) atoms. The second kappa shape index (κ2) is 6.64. The smallest absolute Gasteiger partial charge is 0.670 e. The van der Waals surface area contributed by atoms with Crippen molar-refractivity contribution in [1.82, 2.24) is 9.97 Å². The van der Waals surface area contributed by atoms with Gasteiger partial charge in [-0.2, -0.15) is 24.8 Å². The summed E-state index contributed by atoms with van der Waals surface area (Å²) in [4.78, 5) is 7.44. The summed E-state index contributed by atoms with van der Waals surface area (Å²) in [6.07, 6.45) is 7.00. The van der Waals surface area contributed by atoms with E-state index in [1.54, 1.807) is 24.8 Å². The Bertz CT molecular complexity index is 151. The highest BCUT2D eigenvalue weighted by atomic mass is 16.0. The second-order valence-corrected chi connectivity index (χ2v) is 1.66. The van der Waals surface area contributed by atoms with Gasteiger partial charge in [0.05, 0.1) is 0 Å². The monoisotopic (exact) mass is 148 g/mol. The Balaban J connectivity index is 0.000000167. The topological polar surface area (TPSA) is 56.7 Å². The molecule has 3 nitrogen and oxygen atoms in total. The first kappa shape index (κ1) is 9.52. The van der Waals surface area contributed by atoms with Crippen molar-refractivity contribution in [3.05, 3.63) is 49.1 Å². The number of nitrogens with zero attached hydrogens (tertiary/aromatic N) is 2. The first-order valence-corrected chi connectivity index (χ1v) is 3.03. The molecule has 2 aromatic rings. The van der Waals surface area contributed by atoms with E-state index in [2.05, 4.69) is 9.97 Å². The highest BCUT2D eigenvalue weighted by Gasteiger charge is 2.00. The Morgan fingerprint density at radius 2 is 0.818 bits per heavy atom. The minimum Gasteiger partial charge on any atom is -0.670 e. The molecule has 0 atom stereocenters. The third kappa shape index (κ3) is 4.99. The van der Waals surface area contributed by atoms with E-state index in [1.165, 1.54) is 0 Å². The third-order valence-corrected chi connectivity index (χ3v) is 0.911. The van der Waals surface area contributed by atoms with E-state index in [4.69, 9.17) is 0 Å². The Kier molecular flexibility index (Phi) is 5.74. The molecule has 0 aliphatic heterocycles. The molecule has 2 heterocycles. The zero-order valence-corrected chi connectivity index (χ0v) is 5.92. The second-order valence-electron chi connectivity index (χ2n) is 1.66. The summed E-state index contributed by atoms with van der Waals surface area (Å²) in [5.74, 6) is 0. The third-order valence-electron chi connectivity index (χ3n) is 0.911. The van der Waals surface area contributed by atoms with Crippen LogP contribution in [0.2, 0.25) is 0 Å². The van der Waals surface area contributed by atoms with Gasteiger partial charge in [-0.25, -0.2) is 0 Å². The van der Waals surface area contributed by atoms with Crippen molar-refractivity contribution >= 4 is 0 Å². The summed E-state index contributed by atoms with van der Waals surface area (Å²) in [5.41, 5.74) is 0. The normalized spacial score (nSPS) is 7.27. The standard InChI is InChI=1S/2C4H4N.O/c2*1-2-4-5-3-1;/h2*1-4H;/q2*-1;+2. The van der Waals surface area contributed by atoms with E-state index in [1.807, 2.05) is 24.3 Å². The highest BCUT2D eigenvalue weighted by Crippen LogP contribution is 1.70. The molecule has 0 aromatic carbocycles. The molecule has 0 fully saturated rings. The summed E-state index contributed by atoms with van der Waals surface area (Å²) >= 11 is 0. The molecule has 4 radical (unpaired) electrons. The van der Waals surface area contributed by atoms with Crippen molar-refractivity contribution < 1.29 is 5.48 Å². The molecular formula is C8H8N2O. The van der Waals surface area contributed by atoms with Gasteiger partial charge in [-0.3, -0.25) is 0 Å². The van der Waals surface area contributed by atoms with Crippen LogP contribution in [0.4, 0.5) is 0 Å². The zero-order valence-electron chi connectivity index (χ0n) is 5.92. The van der Waals surface area contributed by atoms with Crippen molar-refractivity contribution in [2.24, 2.45) is 0 Å². The molecule has 0 saturated heterocycles. The maximum absolute atomic E-state index is 3.72. The lowest BCUT2D eigenvalue weighted by atomic mass is 10.7. The van der Waals surface area contributed by atoms with Crippen LogP contribution in [-0.4, -0.2) is 0 Å². The van der Waals surface area contributed by atoms with Gasteiger partial charge in [0.1, 0.15) is 0 Å². The number of hydrogen-bond acceptors (Lipinski definition) is 0. The van der Waals surface area contributed by atoms with Crippen LogP contribution in [0.25, 0.3) is 0 Å². The first-order chi connectivity index (χ1) is 5.00. The Labute approximate surface area is 65.4 Å². The van der Waals surface area contributed by atoms with Gasteiger partial charge in [0.25, 0.3) is 0 Å². The Morgan fingerprint density at radius 1 is 0.545 bits per heavy atom. The van der Waals surface area contributed by atoms with Crippen molar-refractivity contribution in [2.45, 2.75) is 0 Å². The van der Waals surface area contributed by atoms with E-state index in [0.717, 1.165) is 0 Å². The van der Waals surface area contributed by atoms with Gasteiger partial charge in [0.15, 0.2) is 0 Å². The minimum atomic E-state index is 0. The predicted octanol–water partition coefficient (Wildman–Crippen LogP) is 1.17. The van der Waals surface area contributed by atoms with Crippen LogP contribution < -0.4 is 9.97 Å². The number of hydrogen-bond donors (Lipinski definition) is 0. The average molecular weight is 148 g/mol. The van der Waals surface area contributed by atoms with Crippen molar-refractivity contribution in [2.75, 3.05) is 0 Å². The largest absolute Gasteiger partial charge is 2.00 e. The molecule has 2 rings (SSSR count). The van der Waals surface area contributed by atoms with Gasteiger partial charge in [-0.05, 0) is 0 Å². The van der Waals surface area contributed by atoms with Gasteiger partial charge in [0, 0.05) is 0 Å². The molecule has 0 amide bonds. The lowest BCUT2D eigenvalue weighted by Crippen LogP contribution is -1.47. The van der Waals surface area contributed by atoms with Gasteiger partial charge >= 0.3 is 5.48 Å². The lowest BCUT2D eigenvalue weighted by molar-refractivity contribution is 0.686. The van der Waals surface area contributed by atoms with E-state index in [9.17, 15) is 0 Å². The first-order valence-electron chi connectivity index (χ1n) is 3.03. The summed E-state index contributed by atoms with van der Waals surface area (Å²) in [5, 5.41) is 0. The SMILES string of the molecule is [O+2].c1cc[n-]c1.c1cc[n-]c1. The fraction of sp³-hybridized carbons (Fsp3) is 0. The van der Waals surface area contributed by atoms with E-state index in [-0.39, 0.29) is 5.48 Å². The van der Waals surface area contributed by atoms with Gasteiger partial charge in [-0.15, -0.1) is 0 Å². The summed E-state index contributed by atoms with van der Waals surface area (Å²) in [7, 11) is 0. The highest BCUT2D eigenvalue weighted by molar-refractivity contribution is 4.84. The van der Waals surface area contributed by atoms with Crippen LogP contribution in [-0.2, 0) is 5.48 Å². The van der Waals surface area contributed by atoms with Gasteiger partial charge in [0.2, 0.25) is 0 Å². The maximum Gasteiger partial charge on any atom is 2.00 e. The molecule has 3 heteroatoms. The van der Waals surface area contributed by atoms with Crippen LogP contribution in [0.3, 0.4) is 0 Å². The minimum absolute atomic E-state index is 0. The van der Waals surface area contributed by atoms with Crippen LogP contribution in [0.5, 0.6) is 0 Å².